The zero-order chi connectivity index (χ0) is 13.0. The van der Waals surface area contributed by atoms with Gasteiger partial charge in [0, 0.05) is 18.8 Å². The van der Waals surface area contributed by atoms with Crippen LogP contribution in [0.25, 0.3) is 0 Å². The summed E-state index contributed by atoms with van der Waals surface area (Å²) in [5, 5.41) is 3.01. The highest BCUT2D eigenvalue weighted by atomic mass is 16.5. The molecular weight excluding hydrogens is 228 g/mol. The van der Waals surface area contributed by atoms with Gasteiger partial charge < -0.3 is 10.1 Å². The number of ether oxygens (including phenoxy) is 1. The van der Waals surface area contributed by atoms with Gasteiger partial charge in [-0.05, 0) is 38.0 Å². The molecule has 4 heteroatoms. The monoisotopic (exact) mass is 248 g/mol. The molecule has 0 bridgehead atoms. The summed E-state index contributed by atoms with van der Waals surface area (Å²) in [6.07, 6.45) is 0.900. The fourth-order valence-corrected chi connectivity index (χ4v) is 2.14. The van der Waals surface area contributed by atoms with E-state index < -0.39 is 0 Å². The smallest absolute Gasteiger partial charge is 0.322 e. The van der Waals surface area contributed by atoms with E-state index in [-0.39, 0.29) is 12.1 Å². The Hall–Kier alpha value is -1.55. The number of nitrogens with one attached hydrogen (secondary N) is 1. The average Bonchev–Trinajstić information content (AvgIpc) is 2.83. The molecule has 1 heterocycles. The van der Waals surface area contributed by atoms with Crippen molar-refractivity contribution in [1.29, 1.82) is 0 Å². The first kappa shape index (κ1) is 12.9. The molecule has 1 aromatic carbocycles. The molecule has 18 heavy (non-hydrogen) atoms. The molecule has 0 saturated carbocycles. The summed E-state index contributed by atoms with van der Waals surface area (Å²) in [6, 6.07) is 8.09. The number of carbonyl (C=O) groups excluding carboxylic acids is 1. The lowest BCUT2D eigenvalue weighted by atomic mass is 10.2. The van der Waals surface area contributed by atoms with E-state index in [1.165, 1.54) is 0 Å². The molecule has 1 unspecified atom stereocenters. The molecule has 2 rings (SSSR count). The second-order valence-corrected chi connectivity index (χ2v) is 4.59. The summed E-state index contributed by atoms with van der Waals surface area (Å²) in [7, 11) is 0. The zero-order valence-corrected chi connectivity index (χ0v) is 11.0. The highest BCUT2D eigenvalue weighted by molar-refractivity contribution is 5.92. The van der Waals surface area contributed by atoms with Gasteiger partial charge >= 0.3 is 6.03 Å². The SMILES string of the molecule is CCN(C(=O)NC1CCOC1)c1cccc(C)c1. The number of benzene rings is 1. The Morgan fingerprint density at radius 2 is 2.39 bits per heavy atom. The van der Waals surface area contributed by atoms with Crippen LogP contribution >= 0.6 is 0 Å². The van der Waals surface area contributed by atoms with Crippen LogP contribution in [0.4, 0.5) is 10.5 Å². The predicted octanol–water partition coefficient (Wildman–Crippen LogP) is 2.32. The molecule has 0 spiro atoms. The van der Waals surface area contributed by atoms with E-state index in [2.05, 4.69) is 5.32 Å². The van der Waals surface area contributed by atoms with Gasteiger partial charge in [-0.1, -0.05) is 12.1 Å². The van der Waals surface area contributed by atoms with Gasteiger partial charge in [0.15, 0.2) is 0 Å². The number of amides is 2. The van der Waals surface area contributed by atoms with Crippen molar-refractivity contribution in [1.82, 2.24) is 5.32 Å². The maximum Gasteiger partial charge on any atom is 0.322 e. The van der Waals surface area contributed by atoms with Gasteiger partial charge in [0.05, 0.1) is 12.6 Å². The van der Waals surface area contributed by atoms with E-state index in [0.717, 1.165) is 24.3 Å². The molecule has 2 amide bonds. The lowest BCUT2D eigenvalue weighted by Gasteiger charge is -2.23. The van der Waals surface area contributed by atoms with E-state index in [9.17, 15) is 4.79 Å². The maximum atomic E-state index is 12.2. The van der Waals surface area contributed by atoms with Crippen LogP contribution in [0.5, 0.6) is 0 Å². The van der Waals surface area contributed by atoms with Gasteiger partial charge in [-0.15, -0.1) is 0 Å². The Kier molecular flexibility index (Phi) is 4.20. The van der Waals surface area contributed by atoms with Crippen molar-refractivity contribution < 1.29 is 9.53 Å². The zero-order valence-electron chi connectivity index (χ0n) is 11.0. The van der Waals surface area contributed by atoms with Crippen LogP contribution in [0.1, 0.15) is 18.9 Å². The van der Waals surface area contributed by atoms with Gasteiger partial charge in [-0.3, -0.25) is 4.90 Å². The summed E-state index contributed by atoms with van der Waals surface area (Å²) < 4.78 is 5.26. The van der Waals surface area contributed by atoms with Crippen molar-refractivity contribution in [3.63, 3.8) is 0 Å². The largest absolute Gasteiger partial charge is 0.379 e. The van der Waals surface area contributed by atoms with Crippen LogP contribution in [0.2, 0.25) is 0 Å². The van der Waals surface area contributed by atoms with Crippen molar-refractivity contribution in [2.24, 2.45) is 0 Å². The number of rotatable bonds is 3. The molecule has 1 aromatic rings. The number of urea groups is 1. The van der Waals surface area contributed by atoms with Gasteiger partial charge in [0.1, 0.15) is 0 Å². The van der Waals surface area contributed by atoms with Crippen molar-refractivity contribution in [3.8, 4) is 0 Å². The predicted molar refractivity (Wildman–Crippen MR) is 72.0 cm³/mol. The molecule has 1 fully saturated rings. The molecule has 0 radical (unpaired) electrons. The van der Waals surface area contributed by atoms with E-state index in [1.807, 2.05) is 38.1 Å². The molecular formula is C14H20N2O2. The van der Waals surface area contributed by atoms with Crippen LogP contribution in [0.15, 0.2) is 24.3 Å². The average molecular weight is 248 g/mol. The minimum Gasteiger partial charge on any atom is -0.379 e. The number of carbonyl (C=O) groups is 1. The van der Waals surface area contributed by atoms with Gasteiger partial charge in [0.25, 0.3) is 0 Å². The second-order valence-electron chi connectivity index (χ2n) is 4.59. The first-order valence-corrected chi connectivity index (χ1v) is 6.43. The lowest BCUT2D eigenvalue weighted by molar-refractivity contribution is 0.189. The number of hydrogen-bond donors (Lipinski definition) is 1. The maximum absolute atomic E-state index is 12.2. The standard InChI is InChI=1S/C14H20N2O2/c1-3-16(13-6-4-5-11(2)9-13)14(17)15-12-7-8-18-10-12/h4-6,9,12H,3,7-8,10H2,1-2H3,(H,15,17). The molecule has 4 nitrogen and oxygen atoms in total. The fraction of sp³-hybridized carbons (Fsp3) is 0.500. The first-order chi connectivity index (χ1) is 8.70. The fourth-order valence-electron chi connectivity index (χ4n) is 2.14. The van der Waals surface area contributed by atoms with E-state index in [1.54, 1.807) is 4.90 Å². The second kappa shape index (κ2) is 5.87. The third kappa shape index (κ3) is 3.01. The third-order valence-electron chi connectivity index (χ3n) is 3.13. The quantitative estimate of drug-likeness (QED) is 0.892. The van der Waals surface area contributed by atoms with Crippen molar-refractivity contribution in [2.75, 3.05) is 24.7 Å². The Morgan fingerprint density at radius 3 is 3.00 bits per heavy atom. The van der Waals surface area contributed by atoms with Crippen molar-refractivity contribution in [2.45, 2.75) is 26.3 Å². The minimum atomic E-state index is -0.0430. The van der Waals surface area contributed by atoms with Gasteiger partial charge in [0.2, 0.25) is 0 Å². The molecule has 0 aliphatic carbocycles. The summed E-state index contributed by atoms with van der Waals surface area (Å²) in [5.41, 5.74) is 2.09. The summed E-state index contributed by atoms with van der Waals surface area (Å²) in [5.74, 6) is 0. The van der Waals surface area contributed by atoms with E-state index in [0.29, 0.717) is 13.2 Å². The number of hydrogen-bond acceptors (Lipinski definition) is 2. The molecule has 98 valence electrons. The Morgan fingerprint density at radius 1 is 1.56 bits per heavy atom. The van der Waals surface area contributed by atoms with Crippen molar-refractivity contribution in [3.05, 3.63) is 29.8 Å². The summed E-state index contributed by atoms with van der Waals surface area (Å²) in [6.45, 7) is 6.02. The molecule has 1 aliphatic rings. The van der Waals surface area contributed by atoms with Crippen LogP contribution < -0.4 is 10.2 Å². The van der Waals surface area contributed by atoms with Crippen LogP contribution in [0, 0.1) is 6.92 Å². The normalized spacial score (nSPS) is 18.7. The van der Waals surface area contributed by atoms with Crippen LogP contribution in [-0.4, -0.2) is 31.8 Å². The Balaban J connectivity index is 2.05. The van der Waals surface area contributed by atoms with Crippen LogP contribution in [0.3, 0.4) is 0 Å². The van der Waals surface area contributed by atoms with Gasteiger partial charge in [-0.2, -0.15) is 0 Å². The van der Waals surface area contributed by atoms with Gasteiger partial charge in [-0.25, -0.2) is 4.79 Å². The van der Waals surface area contributed by atoms with E-state index in [4.69, 9.17) is 4.74 Å². The summed E-state index contributed by atoms with van der Waals surface area (Å²) in [4.78, 5) is 14.0. The minimum absolute atomic E-state index is 0.0430. The molecule has 1 atom stereocenters. The third-order valence-corrected chi connectivity index (χ3v) is 3.13. The number of nitrogens with zero attached hydrogens (tertiary/aromatic N) is 1. The highest BCUT2D eigenvalue weighted by Crippen LogP contribution is 2.16. The van der Waals surface area contributed by atoms with Crippen LogP contribution in [-0.2, 0) is 4.74 Å². The Bertz CT molecular complexity index is 414. The molecule has 1 aliphatic heterocycles. The highest BCUT2D eigenvalue weighted by Gasteiger charge is 2.21. The first-order valence-electron chi connectivity index (χ1n) is 6.43. The molecule has 0 aromatic heterocycles. The molecule has 1 N–H and O–H groups in total. The topological polar surface area (TPSA) is 41.6 Å². The van der Waals surface area contributed by atoms with E-state index >= 15 is 0 Å². The lowest BCUT2D eigenvalue weighted by Crippen LogP contribution is -2.45. The number of anilines is 1. The van der Waals surface area contributed by atoms with Crippen molar-refractivity contribution >= 4 is 11.7 Å². The summed E-state index contributed by atoms with van der Waals surface area (Å²) >= 11 is 0. The molecule has 1 saturated heterocycles. The number of aryl methyl sites for hydroxylation is 1. The Labute approximate surface area is 108 Å².